The van der Waals surface area contributed by atoms with Crippen molar-refractivity contribution in [1.29, 1.82) is 0 Å². The average molecular weight is 1870 g/mol. The van der Waals surface area contributed by atoms with E-state index in [1.807, 2.05) is 161 Å². The number of aromatic nitrogens is 22. The number of aryl methyl sites for hydroxylation is 4. The van der Waals surface area contributed by atoms with Crippen LogP contribution >= 0.6 is 46.4 Å². The van der Waals surface area contributed by atoms with Crippen LogP contribution in [0.1, 0.15) is 24.0 Å². The van der Waals surface area contributed by atoms with Gasteiger partial charge in [-0.3, -0.25) is 48.5 Å². The smallest absolute Gasteiger partial charge is 0.381 e. The van der Waals surface area contributed by atoms with Crippen molar-refractivity contribution < 1.29 is 13.2 Å². The van der Waals surface area contributed by atoms with Crippen molar-refractivity contribution >= 4 is 137 Å². The number of hydrogen-bond donors (Lipinski definition) is 8. The van der Waals surface area contributed by atoms with Crippen LogP contribution in [0, 0.1) is 0 Å². The zero-order valence-electron chi connectivity index (χ0n) is 72.7. The minimum absolute atomic E-state index is 0.136. The van der Waals surface area contributed by atoms with Crippen LogP contribution < -0.4 is 44.2 Å². The summed E-state index contributed by atoms with van der Waals surface area (Å²) >= 11 is 26.2. The Balaban J connectivity index is 0.000000124. The molecule has 4 aromatic carbocycles. The first kappa shape index (κ1) is 90.3. The molecule has 2 saturated heterocycles. The second-order valence-corrected chi connectivity index (χ2v) is 33.4. The number of benzene rings is 4. The number of likely N-dealkylation sites (N-methyl/N-ethyl adjacent to an activating group) is 1. The highest BCUT2D eigenvalue weighted by molar-refractivity contribution is 6.37. The molecule has 0 radical (unpaired) electrons. The Morgan fingerprint density at radius 1 is 0.368 bits per heavy atom. The van der Waals surface area contributed by atoms with Crippen LogP contribution in [0.2, 0.25) is 20.1 Å². The Labute approximate surface area is 780 Å². The lowest BCUT2D eigenvalue weighted by Crippen LogP contribution is -2.46. The van der Waals surface area contributed by atoms with Crippen LogP contribution in [0.15, 0.2) is 214 Å². The summed E-state index contributed by atoms with van der Waals surface area (Å²) in [5.74, 6) is 3.00. The van der Waals surface area contributed by atoms with Gasteiger partial charge in [-0.05, 0) is 148 Å². The quantitative estimate of drug-likeness (QED) is 0.0312. The summed E-state index contributed by atoms with van der Waals surface area (Å²) in [6.07, 6.45) is 18.3. The summed E-state index contributed by atoms with van der Waals surface area (Å²) in [5.41, 5.74) is 38.9. The highest BCUT2D eigenvalue weighted by Gasteiger charge is 2.32. The molecule has 33 nitrogen and oxygen atoms in total. The third kappa shape index (κ3) is 21.2. The lowest BCUT2D eigenvalue weighted by molar-refractivity contribution is -0.137. The Kier molecular flexibility index (Phi) is 27.1. The molecule has 2 fully saturated rings. The summed E-state index contributed by atoms with van der Waals surface area (Å²) in [4.78, 5) is 66.7. The first-order valence-electron chi connectivity index (χ1n) is 42.4. The van der Waals surface area contributed by atoms with Crippen molar-refractivity contribution in [2.75, 3.05) is 117 Å². The first-order chi connectivity index (χ1) is 64.3. The van der Waals surface area contributed by atoms with Gasteiger partial charge in [-0.25, -0.2) is 39.9 Å². The number of pyridine rings is 5. The second-order valence-electron chi connectivity index (χ2n) is 31.8. The maximum atomic E-state index is 12.9. The summed E-state index contributed by atoms with van der Waals surface area (Å²) < 4.78 is 46.9. The van der Waals surface area contributed by atoms with Crippen LogP contribution in [0.25, 0.3) is 134 Å². The first-order valence-corrected chi connectivity index (χ1v) is 43.9. The number of anilines is 8. The molecule has 0 bridgehead atoms. The van der Waals surface area contributed by atoms with Gasteiger partial charge >= 0.3 is 6.18 Å². The Morgan fingerprint density at radius 3 is 1.06 bits per heavy atom. The van der Waals surface area contributed by atoms with Crippen LogP contribution in [0.5, 0.6) is 0 Å². The number of fused-ring (bicyclic) bond motifs is 4. The van der Waals surface area contributed by atoms with Crippen molar-refractivity contribution in [3.8, 4) is 90.6 Å². The predicted octanol–water partition coefficient (Wildman–Crippen LogP) is 16.4. The van der Waals surface area contributed by atoms with Crippen LogP contribution in [-0.4, -0.2) is 196 Å². The molecule has 0 unspecified atom stereocenters. The summed E-state index contributed by atoms with van der Waals surface area (Å²) in [7, 11) is 9.51. The molecule has 12 N–H and O–H groups in total. The fraction of sp³-hybridized carbons (Fsp3) is 0.215. The van der Waals surface area contributed by atoms with Crippen LogP contribution in [0.3, 0.4) is 0 Å². The summed E-state index contributed by atoms with van der Waals surface area (Å²) in [5, 5.41) is 36.8. The van der Waals surface area contributed by atoms with E-state index in [1.54, 1.807) is 81.3 Å². The number of nitrogens with two attached hydrogens (primary N) is 4. The largest absolute Gasteiger partial charge is 0.417 e. The minimum Gasteiger partial charge on any atom is -0.381 e. The SMILES string of the molecule is CN1CCN(CNc2nc(-c3cc(Cl)c4ncccc4c3)c(-c3ccn(C)n3)nc2N)CC1.Cn1ccc(-c2nc(N)c(NCCN3CCCC3)nc2-c2cc(Cl)c3ncccc3c2)n1.Cn1ccc(-c2nc(N)c(NCCn3ccc(C(F)(F)F)c3)nc2-c2cc(Cl)c3ncccc3c2)n1.Cn1ccc(-c2nc(N)c(NCc3cccnc3)nc2-c2cc(Cl)c3ncccc3c2)n1. The summed E-state index contributed by atoms with van der Waals surface area (Å²) in [6.45, 7) is 9.76. The zero-order valence-corrected chi connectivity index (χ0v) is 75.8. The number of rotatable bonds is 22. The van der Waals surface area contributed by atoms with Gasteiger partial charge in [0.2, 0.25) is 0 Å². The third-order valence-corrected chi connectivity index (χ3v) is 23.3. The molecule has 133 heavy (non-hydrogen) atoms. The van der Waals surface area contributed by atoms with Gasteiger partial charge in [-0.1, -0.05) is 76.7 Å². The van der Waals surface area contributed by atoms with Gasteiger partial charge in [0.25, 0.3) is 0 Å². The summed E-state index contributed by atoms with van der Waals surface area (Å²) in [6, 6.07) is 42.9. The highest BCUT2D eigenvalue weighted by atomic mass is 35.5. The van der Waals surface area contributed by atoms with E-state index in [-0.39, 0.29) is 24.7 Å². The van der Waals surface area contributed by atoms with E-state index in [2.05, 4.69) is 98.3 Å². The van der Waals surface area contributed by atoms with Crippen LogP contribution in [0.4, 0.5) is 59.7 Å². The van der Waals surface area contributed by atoms with E-state index in [9.17, 15) is 13.2 Å². The van der Waals surface area contributed by atoms with Crippen LogP contribution in [-0.2, 0) is 47.5 Å². The molecular weight excluding hydrogens is 1780 g/mol. The van der Waals surface area contributed by atoms with Gasteiger partial charge in [0.15, 0.2) is 46.5 Å². The molecule has 0 amide bonds. The molecule has 0 saturated carbocycles. The molecule has 2 aliphatic heterocycles. The molecule has 0 aliphatic carbocycles. The van der Waals surface area contributed by atoms with E-state index in [0.717, 1.165) is 125 Å². The van der Waals surface area contributed by atoms with Crippen molar-refractivity contribution in [2.24, 2.45) is 28.2 Å². The van der Waals surface area contributed by atoms with Crippen molar-refractivity contribution in [3.05, 3.63) is 245 Å². The molecule has 676 valence electrons. The van der Waals surface area contributed by atoms with E-state index in [0.29, 0.717) is 148 Å². The number of hydrogen-bond acceptors (Lipinski definition) is 28. The van der Waals surface area contributed by atoms with Gasteiger partial charge in [0.05, 0.1) is 54.4 Å². The highest BCUT2D eigenvalue weighted by Crippen LogP contribution is 2.42. The lowest BCUT2D eigenvalue weighted by atomic mass is 10.0. The van der Waals surface area contributed by atoms with Gasteiger partial charge < -0.3 is 58.6 Å². The number of piperazine rings is 1. The number of nitrogen functional groups attached to an aromatic ring is 4. The Morgan fingerprint density at radius 2 is 0.722 bits per heavy atom. The monoisotopic (exact) mass is 1870 g/mol. The van der Waals surface area contributed by atoms with Gasteiger partial charge in [0, 0.05) is 205 Å². The molecule has 18 aromatic rings. The minimum atomic E-state index is -4.39. The number of halogens is 7. The molecule has 0 spiro atoms. The fourth-order valence-electron chi connectivity index (χ4n) is 15.4. The van der Waals surface area contributed by atoms with Gasteiger partial charge in [-0.15, -0.1) is 0 Å². The molecule has 16 heterocycles. The predicted molar refractivity (Wildman–Crippen MR) is 519 cm³/mol. The maximum absolute atomic E-state index is 12.9. The van der Waals surface area contributed by atoms with Crippen molar-refractivity contribution in [2.45, 2.75) is 32.1 Å². The van der Waals surface area contributed by atoms with Crippen molar-refractivity contribution in [3.63, 3.8) is 0 Å². The second kappa shape index (κ2) is 40.0. The molecule has 20 rings (SSSR count). The zero-order chi connectivity index (χ0) is 92.6. The molecular formula is C93H90Cl4F3N33. The topological polar surface area (TPSA) is 406 Å². The number of likely N-dealkylation sites (tertiary alicyclic amines) is 1. The van der Waals surface area contributed by atoms with E-state index in [1.165, 1.54) is 23.6 Å². The molecule has 0 atom stereocenters. The van der Waals surface area contributed by atoms with E-state index < -0.39 is 11.7 Å². The van der Waals surface area contributed by atoms with E-state index in [4.69, 9.17) is 99.2 Å². The fourth-order valence-corrected chi connectivity index (χ4v) is 16.5. The molecule has 2 aliphatic rings. The Bertz CT molecular complexity index is 7230. The molecule has 14 aromatic heterocycles. The normalized spacial score (nSPS) is 13.1. The van der Waals surface area contributed by atoms with E-state index >= 15 is 0 Å². The lowest BCUT2D eigenvalue weighted by Gasteiger charge is -2.32. The number of nitrogens with zero attached hydrogens (tertiary/aromatic N) is 25. The number of nitrogens with one attached hydrogen (secondary N) is 4. The van der Waals surface area contributed by atoms with Crippen molar-refractivity contribution in [1.82, 2.24) is 123 Å². The Hall–Kier alpha value is -14.7. The number of alkyl halides is 3. The standard InChI is InChI=1S/C24H20ClF3N8.C23H26ClN9.C23H19ClN8.C23H25ClN8/c1-35-8-5-18(34-35)21-20(15-11-14-3-2-6-30-19(14)17(25)12-15)33-23(22(29)32-21)31-7-10-36-9-4-16(13-36)24(26,27)28;1-31-8-10-33(11-9-31)14-27-23-22(25)28-21(18-5-7-32(2)30-18)20(29-23)16-12-15-4-3-6-26-19(15)17(24)13-16;1-32-9-6-18(31-32)21-20(16-10-15-5-3-8-27-19(15)17(24)11-16)30-23(22(25)29-21)28-13-14-4-2-7-26-12-14;1-31-11-6-18(30-31)21-20(16-13-15-5-4-7-26-19(15)17(24)14-16)29-23(22(25)28-21)27-8-12-32-9-2-3-10-32/h2-6,8-9,11-13H,7,10H2,1H3,(H2,29,32)(H,31,33);3-7,12-13H,8-11,14H2,1-2H3,(H2,25,28)(H,27,29);2-12H,13H2,1H3,(H2,25,29)(H,28,30);4-7,11,13-14H,2-3,8-10,12H2,1H3,(H2,25,28)(H,27,29). The van der Waals surface area contributed by atoms with Gasteiger partial charge in [0.1, 0.15) is 68.3 Å². The average Bonchev–Trinajstić information content (AvgIpc) is 1.40. The maximum Gasteiger partial charge on any atom is 0.417 e. The van der Waals surface area contributed by atoms with Gasteiger partial charge in [-0.2, -0.15) is 33.6 Å². The molecule has 40 heteroatoms. The third-order valence-electron chi connectivity index (χ3n) is 22.2.